The standard InChI is InChI=1S/C9H9N3O/c1-6-8(9(10)13)7-4-2-3-5-12(7)11-6/h2-5H,1H3,(H2,10,13). The molecule has 0 atom stereocenters. The largest absolute Gasteiger partial charge is 0.365 e. The molecular weight excluding hydrogens is 166 g/mol. The van der Waals surface area contributed by atoms with Crippen molar-refractivity contribution in [2.24, 2.45) is 5.73 Å². The average molecular weight is 175 g/mol. The van der Waals surface area contributed by atoms with E-state index < -0.39 is 5.91 Å². The van der Waals surface area contributed by atoms with E-state index in [1.54, 1.807) is 17.6 Å². The van der Waals surface area contributed by atoms with Crippen molar-refractivity contribution >= 4 is 11.4 Å². The molecule has 2 rings (SSSR count). The van der Waals surface area contributed by atoms with Crippen LogP contribution in [0.2, 0.25) is 0 Å². The second-order valence-electron chi connectivity index (χ2n) is 2.86. The highest BCUT2D eigenvalue weighted by molar-refractivity contribution is 6.00. The second-order valence-corrected chi connectivity index (χ2v) is 2.86. The van der Waals surface area contributed by atoms with E-state index in [2.05, 4.69) is 5.10 Å². The number of amides is 1. The SMILES string of the molecule is Cc1nn2ccccc2c1C(N)=O. The first-order valence-corrected chi connectivity index (χ1v) is 3.94. The van der Waals surface area contributed by atoms with Crippen molar-refractivity contribution in [2.75, 3.05) is 0 Å². The Hall–Kier alpha value is -1.84. The number of aryl methyl sites for hydroxylation is 1. The number of hydrogen-bond donors (Lipinski definition) is 1. The lowest BCUT2D eigenvalue weighted by molar-refractivity contribution is 0.100. The van der Waals surface area contributed by atoms with Gasteiger partial charge in [-0.05, 0) is 19.1 Å². The van der Waals surface area contributed by atoms with Crippen molar-refractivity contribution in [2.45, 2.75) is 6.92 Å². The monoisotopic (exact) mass is 175 g/mol. The predicted molar refractivity (Wildman–Crippen MR) is 48.4 cm³/mol. The molecule has 2 aromatic heterocycles. The van der Waals surface area contributed by atoms with Crippen LogP contribution < -0.4 is 5.73 Å². The third-order valence-electron chi connectivity index (χ3n) is 1.96. The van der Waals surface area contributed by atoms with Crippen LogP contribution in [0.25, 0.3) is 5.52 Å². The number of pyridine rings is 1. The maximum atomic E-state index is 11.1. The summed E-state index contributed by atoms with van der Waals surface area (Å²) in [6.45, 7) is 1.77. The molecule has 0 aliphatic heterocycles. The van der Waals surface area contributed by atoms with Gasteiger partial charge in [-0.2, -0.15) is 5.10 Å². The molecule has 2 aromatic rings. The molecular formula is C9H9N3O. The minimum absolute atomic E-state index is 0.432. The summed E-state index contributed by atoms with van der Waals surface area (Å²) in [6, 6.07) is 5.52. The lowest BCUT2D eigenvalue weighted by Crippen LogP contribution is -2.11. The zero-order valence-corrected chi connectivity index (χ0v) is 7.19. The van der Waals surface area contributed by atoms with Gasteiger partial charge < -0.3 is 5.73 Å². The number of primary amides is 1. The molecule has 1 amide bonds. The quantitative estimate of drug-likeness (QED) is 0.694. The van der Waals surface area contributed by atoms with Gasteiger partial charge in [-0.25, -0.2) is 4.52 Å². The van der Waals surface area contributed by atoms with E-state index >= 15 is 0 Å². The van der Waals surface area contributed by atoms with Gasteiger partial charge in [0.1, 0.15) is 0 Å². The fourth-order valence-electron chi connectivity index (χ4n) is 1.42. The highest BCUT2D eigenvalue weighted by Gasteiger charge is 2.12. The van der Waals surface area contributed by atoms with Gasteiger partial charge in [0.25, 0.3) is 5.91 Å². The minimum atomic E-state index is -0.432. The second kappa shape index (κ2) is 2.58. The zero-order valence-electron chi connectivity index (χ0n) is 7.19. The van der Waals surface area contributed by atoms with E-state index in [-0.39, 0.29) is 0 Å². The molecule has 0 saturated carbocycles. The molecule has 0 radical (unpaired) electrons. The van der Waals surface area contributed by atoms with E-state index in [9.17, 15) is 4.79 Å². The Balaban J connectivity index is 2.86. The number of carbonyl (C=O) groups excluding carboxylic acids is 1. The smallest absolute Gasteiger partial charge is 0.252 e. The Morgan fingerprint density at radius 3 is 3.00 bits per heavy atom. The summed E-state index contributed by atoms with van der Waals surface area (Å²) in [6.07, 6.45) is 1.79. The van der Waals surface area contributed by atoms with E-state index in [0.717, 1.165) is 5.52 Å². The van der Waals surface area contributed by atoms with Crippen molar-refractivity contribution in [1.82, 2.24) is 9.61 Å². The molecule has 0 aromatic carbocycles. The Morgan fingerprint density at radius 2 is 2.31 bits per heavy atom. The fourth-order valence-corrected chi connectivity index (χ4v) is 1.42. The molecule has 0 spiro atoms. The Kier molecular flexibility index (Phi) is 1.55. The maximum absolute atomic E-state index is 11.1. The molecule has 0 unspecified atom stereocenters. The highest BCUT2D eigenvalue weighted by Crippen LogP contribution is 2.13. The van der Waals surface area contributed by atoms with Crippen LogP contribution in [0.5, 0.6) is 0 Å². The van der Waals surface area contributed by atoms with E-state index in [0.29, 0.717) is 11.3 Å². The van der Waals surface area contributed by atoms with Gasteiger partial charge in [-0.15, -0.1) is 0 Å². The molecule has 4 nitrogen and oxygen atoms in total. The summed E-state index contributed by atoms with van der Waals surface area (Å²) < 4.78 is 1.65. The van der Waals surface area contributed by atoms with Crippen molar-refractivity contribution in [3.63, 3.8) is 0 Å². The van der Waals surface area contributed by atoms with Crippen LogP contribution in [0.1, 0.15) is 16.1 Å². The summed E-state index contributed by atoms with van der Waals surface area (Å²) in [7, 11) is 0. The summed E-state index contributed by atoms with van der Waals surface area (Å²) in [5.41, 5.74) is 7.16. The normalized spacial score (nSPS) is 10.5. The summed E-state index contributed by atoms with van der Waals surface area (Å²) >= 11 is 0. The molecule has 0 fully saturated rings. The topological polar surface area (TPSA) is 60.4 Å². The number of rotatable bonds is 1. The van der Waals surface area contributed by atoms with E-state index in [1.165, 1.54) is 0 Å². The molecule has 4 heteroatoms. The van der Waals surface area contributed by atoms with Crippen LogP contribution in [-0.4, -0.2) is 15.5 Å². The molecule has 0 aliphatic rings. The third kappa shape index (κ3) is 1.07. The average Bonchev–Trinajstić information content (AvgIpc) is 2.39. The van der Waals surface area contributed by atoms with Crippen LogP contribution in [0, 0.1) is 6.92 Å². The van der Waals surface area contributed by atoms with Crippen LogP contribution in [0.3, 0.4) is 0 Å². The van der Waals surface area contributed by atoms with Crippen LogP contribution in [-0.2, 0) is 0 Å². The lowest BCUT2D eigenvalue weighted by atomic mass is 10.2. The molecule has 0 aliphatic carbocycles. The first-order valence-electron chi connectivity index (χ1n) is 3.94. The number of nitrogens with two attached hydrogens (primary N) is 1. The third-order valence-corrected chi connectivity index (χ3v) is 1.96. The van der Waals surface area contributed by atoms with Crippen molar-refractivity contribution in [3.8, 4) is 0 Å². The molecule has 0 saturated heterocycles. The van der Waals surface area contributed by atoms with Crippen molar-refractivity contribution in [1.29, 1.82) is 0 Å². The van der Waals surface area contributed by atoms with Crippen LogP contribution in [0.4, 0.5) is 0 Å². The van der Waals surface area contributed by atoms with E-state index in [1.807, 2.05) is 18.2 Å². The number of fused-ring (bicyclic) bond motifs is 1. The summed E-state index contributed by atoms with van der Waals surface area (Å²) in [5, 5.41) is 4.15. The van der Waals surface area contributed by atoms with Gasteiger partial charge in [-0.3, -0.25) is 4.79 Å². The molecule has 66 valence electrons. The summed E-state index contributed by atoms with van der Waals surface area (Å²) in [4.78, 5) is 11.1. The van der Waals surface area contributed by atoms with Crippen LogP contribution >= 0.6 is 0 Å². The van der Waals surface area contributed by atoms with Gasteiger partial charge in [0.2, 0.25) is 0 Å². The first-order chi connectivity index (χ1) is 6.20. The fraction of sp³-hybridized carbons (Fsp3) is 0.111. The highest BCUT2D eigenvalue weighted by atomic mass is 16.1. The Bertz CT molecular complexity index is 473. The number of carbonyl (C=O) groups is 1. The Morgan fingerprint density at radius 1 is 1.54 bits per heavy atom. The minimum Gasteiger partial charge on any atom is -0.365 e. The van der Waals surface area contributed by atoms with Crippen molar-refractivity contribution < 1.29 is 4.79 Å². The molecule has 2 N–H and O–H groups in total. The molecule has 2 heterocycles. The number of hydrogen-bond acceptors (Lipinski definition) is 2. The van der Waals surface area contributed by atoms with E-state index in [4.69, 9.17) is 5.73 Å². The van der Waals surface area contributed by atoms with Gasteiger partial charge >= 0.3 is 0 Å². The zero-order chi connectivity index (χ0) is 9.42. The van der Waals surface area contributed by atoms with Gasteiger partial charge in [0, 0.05) is 6.20 Å². The predicted octanol–water partition coefficient (Wildman–Crippen LogP) is 0.742. The lowest BCUT2D eigenvalue weighted by Gasteiger charge is -1.92. The van der Waals surface area contributed by atoms with Gasteiger partial charge in [0.15, 0.2) is 0 Å². The molecule has 13 heavy (non-hydrogen) atoms. The molecule has 0 bridgehead atoms. The van der Waals surface area contributed by atoms with Crippen molar-refractivity contribution in [3.05, 3.63) is 35.7 Å². The number of aromatic nitrogens is 2. The van der Waals surface area contributed by atoms with Crippen LogP contribution in [0.15, 0.2) is 24.4 Å². The maximum Gasteiger partial charge on any atom is 0.252 e. The van der Waals surface area contributed by atoms with Gasteiger partial charge in [0.05, 0.1) is 16.8 Å². The number of nitrogens with zero attached hydrogens (tertiary/aromatic N) is 2. The first kappa shape index (κ1) is 7.79. The Labute approximate surface area is 75.0 Å². The summed E-state index contributed by atoms with van der Waals surface area (Å²) in [5.74, 6) is -0.432. The van der Waals surface area contributed by atoms with Gasteiger partial charge in [-0.1, -0.05) is 6.07 Å².